The molecule has 0 fully saturated rings. The predicted octanol–water partition coefficient (Wildman–Crippen LogP) is 2.87. The van der Waals surface area contributed by atoms with Crippen LogP contribution >= 0.6 is 0 Å². The molecule has 128 valence electrons. The van der Waals surface area contributed by atoms with E-state index in [2.05, 4.69) is 10.3 Å². The minimum Gasteiger partial charge on any atom is -0.467 e. The molecular weight excluding hydrogens is 306 g/mol. The van der Waals surface area contributed by atoms with Gasteiger partial charge in [0.1, 0.15) is 11.5 Å². The van der Waals surface area contributed by atoms with Crippen molar-refractivity contribution in [1.29, 1.82) is 0 Å². The monoisotopic (exact) mass is 329 g/mol. The van der Waals surface area contributed by atoms with Crippen LogP contribution in [-0.2, 0) is 6.54 Å². The molecule has 6 nitrogen and oxygen atoms in total. The maximum absolute atomic E-state index is 12.6. The SMILES string of the molecule is CCCN(CCC)C(=O)c1ccnc(C(=O)NCc2ccco2)c1. The summed E-state index contributed by atoms with van der Waals surface area (Å²) >= 11 is 0. The fourth-order valence-corrected chi connectivity index (χ4v) is 2.40. The maximum Gasteiger partial charge on any atom is 0.270 e. The number of aromatic nitrogens is 1. The molecule has 0 saturated heterocycles. The molecule has 0 saturated carbocycles. The van der Waals surface area contributed by atoms with Gasteiger partial charge in [-0.05, 0) is 37.1 Å². The zero-order valence-corrected chi connectivity index (χ0v) is 14.1. The molecule has 0 aliphatic rings. The number of pyridine rings is 1. The Balaban J connectivity index is 2.06. The molecule has 0 bridgehead atoms. The summed E-state index contributed by atoms with van der Waals surface area (Å²) in [6.07, 6.45) is 4.83. The van der Waals surface area contributed by atoms with Crippen LogP contribution in [0.3, 0.4) is 0 Å². The van der Waals surface area contributed by atoms with Gasteiger partial charge >= 0.3 is 0 Å². The van der Waals surface area contributed by atoms with Crippen LogP contribution < -0.4 is 5.32 Å². The second-order valence-electron chi connectivity index (χ2n) is 5.48. The van der Waals surface area contributed by atoms with E-state index in [-0.39, 0.29) is 24.1 Å². The molecule has 0 spiro atoms. The van der Waals surface area contributed by atoms with Crippen molar-refractivity contribution in [3.05, 3.63) is 53.7 Å². The van der Waals surface area contributed by atoms with Crippen molar-refractivity contribution in [2.24, 2.45) is 0 Å². The molecule has 24 heavy (non-hydrogen) atoms. The van der Waals surface area contributed by atoms with E-state index in [9.17, 15) is 9.59 Å². The highest BCUT2D eigenvalue weighted by molar-refractivity contribution is 5.98. The number of furan rings is 1. The fourth-order valence-electron chi connectivity index (χ4n) is 2.40. The van der Waals surface area contributed by atoms with E-state index in [0.29, 0.717) is 24.4 Å². The summed E-state index contributed by atoms with van der Waals surface area (Å²) in [6, 6.07) is 6.72. The van der Waals surface area contributed by atoms with Crippen molar-refractivity contribution >= 4 is 11.8 Å². The highest BCUT2D eigenvalue weighted by Gasteiger charge is 2.16. The van der Waals surface area contributed by atoms with Gasteiger partial charge in [-0.3, -0.25) is 14.6 Å². The number of nitrogens with one attached hydrogen (secondary N) is 1. The lowest BCUT2D eigenvalue weighted by atomic mass is 10.2. The highest BCUT2D eigenvalue weighted by Crippen LogP contribution is 2.08. The number of hydrogen-bond acceptors (Lipinski definition) is 4. The van der Waals surface area contributed by atoms with Gasteiger partial charge in [-0.1, -0.05) is 13.8 Å². The highest BCUT2D eigenvalue weighted by atomic mass is 16.3. The van der Waals surface area contributed by atoms with Crippen molar-refractivity contribution in [2.75, 3.05) is 13.1 Å². The second kappa shape index (κ2) is 8.86. The Bertz CT molecular complexity index is 662. The number of nitrogens with zero attached hydrogens (tertiary/aromatic N) is 2. The van der Waals surface area contributed by atoms with Crippen LogP contribution in [0.25, 0.3) is 0 Å². The van der Waals surface area contributed by atoms with Gasteiger partial charge in [0.15, 0.2) is 0 Å². The first-order valence-corrected chi connectivity index (χ1v) is 8.21. The standard InChI is InChI=1S/C18H23N3O3/c1-3-9-21(10-4-2)18(23)14-7-8-19-16(12-14)17(22)20-13-15-6-5-11-24-15/h5-8,11-12H,3-4,9-10,13H2,1-2H3,(H,20,22). The molecule has 2 heterocycles. The molecule has 6 heteroatoms. The van der Waals surface area contributed by atoms with Crippen molar-refractivity contribution in [3.8, 4) is 0 Å². The smallest absolute Gasteiger partial charge is 0.270 e. The molecule has 0 aliphatic heterocycles. The molecular formula is C18H23N3O3. The minimum atomic E-state index is -0.335. The van der Waals surface area contributed by atoms with Crippen LogP contribution in [0.4, 0.5) is 0 Å². The Morgan fingerprint density at radius 3 is 2.58 bits per heavy atom. The average Bonchev–Trinajstić information content (AvgIpc) is 3.12. The normalized spacial score (nSPS) is 10.4. The third kappa shape index (κ3) is 4.68. The summed E-state index contributed by atoms with van der Waals surface area (Å²) in [7, 11) is 0. The van der Waals surface area contributed by atoms with E-state index in [1.807, 2.05) is 13.8 Å². The number of hydrogen-bond donors (Lipinski definition) is 1. The summed E-state index contributed by atoms with van der Waals surface area (Å²) in [5.41, 5.74) is 0.704. The van der Waals surface area contributed by atoms with Crippen LogP contribution in [0.2, 0.25) is 0 Å². The lowest BCUT2D eigenvalue weighted by molar-refractivity contribution is 0.0755. The number of amides is 2. The summed E-state index contributed by atoms with van der Waals surface area (Å²) in [5, 5.41) is 2.73. The molecule has 2 rings (SSSR count). The Kier molecular flexibility index (Phi) is 6.54. The van der Waals surface area contributed by atoms with E-state index < -0.39 is 0 Å². The van der Waals surface area contributed by atoms with Gasteiger partial charge in [0, 0.05) is 24.8 Å². The molecule has 0 aromatic carbocycles. The Morgan fingerprint density at radius 2 is 1.96 bits per heavy atom. The van der Waals surface area contributed by atoms with Crippen LogP contribution in [-0.4, -0.2) is 34.8 Å². The fraction of sp³-hybridized carbons (Fsp3) is 0.389. The van der Waals surface area contributed by atoms with E-state index in [1.54, 1.807) is 29.4 Å². The van der Waals surface area contributed by atoms with Gasteiger partial charge in [-0.25, -0.2) is 0 Å². The third-order valence-corrected chi connectivity index (χ3v) is 3.52. The minimum absolute atomic E-state index is 0.0683. The first kappa shape index (κ1) is 17.7. The van der Waals surface area contributed by atoms with Crippen molar-refractivity contribution < 1.29 is 14.0 Å². The zero-order chi connectivity index (χ0) is 17.4. The molecule has 2 aromatic rings. The molecule has 2 aromatic heterocycles. The van der Waals surface area contributed by atoms with E-state index in [1.165, 1.54) is 12.3 Å². The Hall–Kier alpha value is -2.63. The molecule has 2 amide bonds. The quantitative estimate of drug-likeness (QED) is 0.808. The summed E-state index contributed by atoms with van der Waals surface area (Å²) in [5.74, 6) is 0.257. The topological polar surface area (TPSA) is 75.4 Å². The van der Waals surface area contributed by atoms with Gasteiger partial charge in [0.05, 0.1) is 12.8 Å². The predicted molar refractivity (Wildman–Crippen MR) is 90.6 cm³/mol. The van der Waals surface area contributed by atoms with Crippen LogP contribution in [0.15, 0.2) is 41.1 Å². The van der Waals surface area contributed by atoms with Crippen molar-refractivity contribution in [3.63, 3.8) is 0 Å². The lowest BCUT2D eigenvalue weighted by Crippen LogP contribution is -2.33. The first-order chi connectivity index (χ1) is 11.7. The molecule has 0 aliphatic carbocycles. The number of carbonyl (C=O) groups is 2. The summed E-state index contributed by atoms with van der Waals surface area (Å²) < 4.78 is 5.17. The van der Waals surface area contributed by atoms with Gasteiger partial charge in [0.2, 0.25) is 0 Å². The van der Waals surface area contributed by atoms with E-state index in [0.717, 1.165) is 12.8 Å². The Labute approximate surface area is 141 Å². The third-order valence-electron chi connectivity index (χ3n) is 3.52. The number of carbonyl (C=O) groups excluding carboxylic acids is 2. The zero-order valence-electron chi connectivity index (χ0n) is 14.1. The molecule has 1 N–H and O–H groups in total. The second-order valence-corrected chi connectivity index (χ2v) is 5.48. The average molecular weight is 329 g/mol. The van der Waals surface area contributed by atoms with Crippen LogP contribution in [0.1, 0.15) is 53.3 Å². The van der Waals surface area contributed by atoms with Gasteiger partial charge in [-0.2, -0.15) is 0 Å². The number of rotatable bonds is 8. The molecule has 0 atom stereocenters. The molecule has 0 radical (unpaired) electrons. The van der Waals surface area contributed by atoms with Gasteiger partial charge < -0.3 is 14.6 Å². The van der Waals surface area contributed by atoms with Crippen LogP contribution in [0.5, 0.6) is 0 Å². The molecule has 0 unspecified atom stereocenters. The largest absolute Gasteiger partial charge is 0.467 e. The lowest BCUT2D eigenvalue weighted by Gasteiger charge is -2.21. The van der Waals surface area contributed by atoms with Gasteiger partial charge in [0.25, 0.3) is 11.8 Å². The van der Waals surface area contributed by atoms with Crippen molar-refractivity contribution in [2.45, 2.75) is 33.2 Å². The van der Waals surface area contributed by atoms with E-state index >= 15 is 0 Å². The first-order valence-electron chi connectivity index (χ1n) is 8.21. The summed E-state index contributed by atoms with van der Waals surface area (Å²) in [6.45, 7) is 5.76. The van der Waals surface area contributed by atoms with Crippen LogP contribution in [0, 0.1) is 0 Å². The van der Waals surface area contributed by atoms with Crippen molar-refractivity contribution in [1.82, 2.24) is 15.2 Å². The maximum atomic E-state index is 12.6. The van der Waals surface area contributed by atoms with E-state index in [4.69, 9.17) is 4.42 Å². The van der Waals surface area contributed by atoms with Gasteiger partial charge in [-0.15, -0.1) is 0 Å². The summed E-state index contributed by atoms with van der Waals surface area (Å²) in [4.78, 5) is 30.7. The Morgan fingerprint density at radius 1 is 1.21 bits per heavy atom.